The first-order valence-corrected chi connectivity index (χ1v) is 8.52. The predicted molar refractivity (Wildman–Crippen MR) is 105 cm³/mol. The summed E-state index contributed by atoms with van der Waals surface area (Å²) in [5.74, 6) is 0.903. The third kappa shape index (κ3) is 5.05. The third-order valence-electron chi connectivity index (χ3n) is 3.45. The number of nitrogens with one attached hydrogen (secondary N) is 1. The van der Waals surface area contributed by atoms with E-state index in [-0.39, 0.29) is 6.04 Å². The highest BCUT2D eigenvalue weighted by Crippen LogP contribution is 2.21. The Balaban J connectivity index is 2.46. The number of hydrogen-bond donors (Lipinski definition) is 1. The van der Waals surface area contributed by atoms with Crippen molar-refractivity contribution in [1.29, 1.82) is 0 Å². The molecule has 3 nitrogen and oxygen atoms in total. The Hall–Kier alpha value is -2.42. The van der Waals surface area contributed by atoms with Crippen molar-refractivity contribution in [3.8, 4) is 0 Å². The summed E-state index contributed by atoms with van der Waals surface area (Å²) in [7, 11) is 0. The average molecular weight is 321 g/mol. The molecule has 0 aromatic heterocycles. The molecule has 0 radical (unpaired) electrons. The van der Waals surface area contributed by atoms with Gasteiger partial charge < -0.3 is 5.32 Å². The van der Waals surface area contributed by atoms with Crippen molar-refractivity contribution in [2.45, 2.75) is 46.7 Å². The van der Waals surface area contributed by atoms with E-state index < -0.39 is 0 Å². The lowest BCUT2D eigenvalue weighted by molar-refractivity contribution is 0.719. The zero-order valence-corrected chi connectivity index (χ0v) is 15.2. The molecule has 2 rings (SSSR count). The monoisotopic (exact) mass is 321 g/mol. The maximum Gasteiger partial charge on any atom is 0.130 e. The minimum absolute atomic E-state index is 0.221. The Morgan fingerprint density at radius 2 is 1.50 bits per heavy atom. The summed E-state index contributed by atoms with van der Waals surface area (Å²) in [4.78, 5) is 9.62. The smallest absolute Gasteiger partial charge is 0.130 e. The highest BCUT2D eigenvalue weighted by molar-refractivity contribution is 6.06. The van der Waals surface area contributed by atoms with Crippen LogP contribution in [-0.4, -0.2) is 23.6 Å². The quantitative estimate of drug-likeness (QED) is 0.612. The molecule has 0 amide bonds. The van der Waals surface area contributed by atoms with Gasteiger partial charge in [0.15, 0.2) is 0 Å². The molecule has 3 heteroatoms. The minimum Gasteiger partial charge on any atom is -0.368 e. The summed E-state index contributed by atoms with van der Waals surface area (Å²) in [6.07, 6.45) is 0. The zero-order chi connectivity index (χ0) is 17.5. The number of rotatable bonds is 5. The van der Waals surface area contributed by atoms with E-state index in [0.717, 1.165) is 28.4 Å². The molecule has 2 aromatic rings. The SMILES string of the molecule is CC(=Nc1ccccc1C(=NC(C)C)NC(C)C)c1ccccc1. The summed E-state index contributed by atoms with van der Waals surface area (Å²) < 4.78 is 0. The van der Waals surface area contributed by atoms with Gasteiger partial charge in [-0.15, -0.1) is 0 Å². The Kier molecular flexibility index (Phi) is 6.30. The highest BCUT2D eigenvalue weighted by Gasteiger charge is 2.11. The molecule has 0 fully saturated rings. The van der Waals surface area contributed by atoms with E-state index in [2.05, 4.69) is 51.2 Å². The van der Waals surface area contributed by atoms with Crippen molar-refractivity contribution < 1.29 is 0 Å². The Morgan fingerprint density at radius 3 is 2.12 bits per heavy atom. The van der Waals surface area contributed by atoms with Crippen LogP contribution in [0.4, 0.5) is 5.69 Å². The molecule has 0 aliphatic carbocycles. The average Bonchev–Trinajstić information content (AvgIpc) is 2.54. The molecule has 0 spiro atoms. The second-order valence-corrected chi connectivity index (χ2v) is 6.45. The first kappa shape index (κ1) is 17.9. The molecule has 24 heavy (non-hydrogen) atoms. The molecule has 0 bridgehead atoms. The molecular weight excluding hydrogens is 294 g/mol. The molecule has 0 heterocycles. The minimum atomic E-state index is 0.221. The molecule has 2 aromatic carbocycles. The summed E-state index contributed by atoms with van der Waals surface area (Å²) in [5.41, 5.74) is 4.10. The lowest BCUT2D eigenvalue weighted by Crippen LogP contribution is -2.32. The van der Waals surface area contributed by atoms with Crippen LogP contribution in [0.2, 0.25) is 0 Å². The first-order valence-electron chi connectivity index (χ1n) is 8.52. The van der Waals surface area contributed by atoms with Gasteiger partial charge in [0.2, 0.25) is 0 Å². The van der Waals surface area contributed by atoms with Crippen LogP contribution in [0.5, 0.6) is 0 Å². The van der Waals surface area contributed by atoms with Crippen LogP contribution in [0.15, 0.2) is 64.6 Å². The molecule has 0 saturated heterocycles. The first-order chi connectivity index (χ1) is 11.5. The van der Waals surface area contributed by atoms with Gasteiger partial charge in [0.25, 0.3) is 0 Å². The summed E-state index contributed by atoms with van der Waals surface area (Å²) in [5, 5.41) is 3.46. The molecular formula is C21H27N3. The second kappa shape index (κ2) is 8.44. The van der Waals surface area contributed by atoms with Gasteiger partial charge in [-0.1, -0.05) is 42.5 Å². The van der Waals surface area contributed by atoms with E-state index >= 15 is 0 Å². The van der Waals surface area contributed by atoms with Crippen molar-refractivity contribution in [2.24, 2.45) is 9.98 Å². The van der Waals surface area contributed by atoms with Gasteiger partial charge in [-0.3, -0.25) is 9.98 Å². The third-order valence-corrected chi connectivity index (χ3v) is 3.45. The topological polar surface area (TPSA) is 36.8 Å². The van der Waals surface area contributed by atoms with Gasteiger partial charge in [0, 0.05) is 23.4 Å². The Morgan fingerprint density at radius 1 is 0.875 bits per heavy atom. The maximum absolute atomic E-state index is 4.86. The number of nitrogens with zero attached hydrogens (tertiary/aromatic N) is 2. The largest absolute Gasteiger partial charge is 0.368 e. The summed E-state index contributed by atoms with van der Waals surface area (Å²) in [6, 6.07) is 18.9. The summed E-state index contributed by atoms with van der Waals surface area (Å²) in [6.45, 7) is 10.5. The van der Waals surface area contributed by atoms with Gasteiger partial charge >= 0.3 is 0 Å². The second-order valence-electron chi connectivity index (χ2n) is 6.45. The van der Waals surface area contributed by atoms with E-state index in [1.807, 2.05) is 43.3 Å². The fourth-order valence-electron chi connectivity index (χ4n) is 2.41. The molecule has 0 saturated carbocycles. The van der Waals surface area contributed by atoms with Crippen molar-refractivity contribution in [2.75, 3.05) is 0 Å². The van der Waals surface area contributed by atoms with Crippen LogP contribution < -0.4 is 5.32 Å². The number of para-hydroxylation sites is 1. The zero-order valence-electron chi connectivity index (χ0n) is 15.2. The number of benzene rings is 2. The lowest BCUT2D eigenvalue weighted by Gasteiger charge is -2.16. The van der Waals surface area contributed by atoms with E-state index in [4.69, 9.17) is 9.98 Å². The molecule has 0 unspecified atom stereocenters. The van der Waals surface area contributed by atoms with E-state index in [1.165, 1.54) is 0 Å². The van der Waals surface area contributed by atoms with E-state index in [9.17, 15) is 0 Å². The maximum atomic E-state index is 4.86. The molecule has 0 aliphatic rings. The van der Waals surface area contributed by atoms with Crippen LogP contribution in [0.25, 0.3) is 0 Å². The number of amidine groups is 1. The van der Waals surface area contributed by atoms with Crippen LogP contribution in [0, 0.1) is 0 Å². The van der Waals surface area contributed by atoms with Crippen LogP contribution in [0.3, 0.4) is 0 Å². The van der Waals surface area contributed by atoms with Gasteiger partial charge in [-0.2, -0.15) is 0 Å². The van der Waals surface area contributed by atoms with Crippen molar-refractivity contribution >= 4 is 17.2 Å². The van der Waals surface area contributed by atoms with Gasteiger partial charge in [0.05, 0.1) is 5.69 Å². The van der Waals surface area contributed by atoms with E-state index in [1.54, 1.807) is 0 Å². The van der Waals surface area contributed by atoms with Crippen molar-refractivity contribution in [3.05, 3.63) is 65.7 Å². The highest BCUT2D eigenvalue weighted by atomic mass is 15.0. The molecule has 126 valence electrons. The van der Waals surface area contributed by atoms with Gasteiger partial charge in [-0.05, 0) is 52.3 Å². The molecule has 1 N–H and O–H groups in total. The van der Waals surface area contributed by atoms with Crippen LogP contribution >= 0.6 is 0 Å². The van der Waals surface area contributed by atoms with Crippen molar-refractivity contribution in [1.82, 2.24) is 5.32 Å². The summed E-state index contributed by atoms with van der Waals surface area (Å²) >= 11 is 0. The van der Waals surface area contributed by atoms with Crippen molar-refractivity contribution in [3.63, 3.8) is 0 Å². The van der Waals surface area contributed by atoms with Crippen LogP contribution in [-0.2, 0) is 0 Å². The Bertz CT molecular complexity index is 713. The standard InChI is InChI=1S/C21H27N3/c1-15(2)22-21(23-16(3)4)19-13-9-10-14-20(19)24-17(5)18-11-7-6-8-12-18/h6-16H,1-5H3,(H,22,23). The van der Waals surface area contributed by atoms with E-state index in [0.29, 0.717) is 6.04 Å². The number of aliphatic imine (C=N–C) groups is 2. The fourth-order valence-corrected chi connectivity index (χ4v) is 2.41. The van der Waals surface area contributed by atoms with Crippen LogP contribution in [0.1, 0.15) is 45.7 Å². The number of hydrogen-bond acceptors (Lipinski definition) is 2. The normalized spacial score (nSPS) is 12.8. The molecule has 0 atom stereocenters. The predicted octanol–water partition coefficient (Wildman–Crippen LogP) is 4.98. The molecule has 0 aliphatic heterocycles. The van der Waals surface area contributed by atoms with Gasteiger partial charge in [-0.25, -0.2) is 0 Å². The fraction of sp³-hybridized carbons (Fsp3) is 0.333. The Labute approximate surface area is 145 Å². The lowest BCUT2D eigenvalue weighted by atomic mass is 10.1. The van der Waals surface area contributed by atoms with Gasteiger partial charge in [0.1, 0.15) is 5.84 Å².